The summed E-state index contributed by atoms with van der Waals surface area (Å²) in [6.45, 7) is 7.14. The van der Waals surface area contributed by atoms with Crippen molar-refractivity contribution in [1.82, 2.24) is 15.1 Å². The minimum atomic E-state index is -0.442. The molecular weight excluding hydrogens is 310 g/mol. The van der Waals surface area contributed by atoms with E-state index in [4.69, 9.17) is 16.3 Å². The number of rotatable bonds is 3. The summed E-state index contributed by atoms with van der Waals surface area (Å²) in [6, 6.07) is 3.60. The van der Waals surface area contributed by atoms with Crippen molar-refractivity contribution in [2.45, 2.75) is 37.8 Å². The van der Waals surface area contributed by atoms with Crippen LogP contribution in [-0.4, -0.2) is 45.6 Å². The Morgan fingerprint density at radius 2 is 2.24 bits per heavy atom. The Labute approximate surface area is 134 Å². The van der Waals surface area contributed by atoms with E-state index in [-0.39, 0.29) is 6.09 Å². The van der Waals surface area contributed by atoms with Crippen LogP contribution in [0.5, 0.6) is 0 Å². The van der Waals surface area contributed by atoms with Crippen molar-refractivity contribution in [3.8, 4) is 0 Å². The number of hydrogen-bond donors (Lipinski definition) is 0. The molecule has 1 fully saturated rings. The Morgan fingerprint density at radius 3 is 2.86 bits per heavy atom. The van der Waals surface area contributed by atoms with Gasteiger partial charge in [-0.25, -0.2) is 4.79 Å². The number of hydrogen-bond acceptors (Lipinski definition) is 5. The SMILES string of the molecule is CC(C)(C)OC(=O)N1CC[C@@H](CSc2ccc(Cl)nn2)C1. The van der Waals surface area contributed by atoms with Gasteiger partial charge in [-0.2, -0.15) is 0 Å². The van der Waals surface area contributed by atoms with Crippen LogP contribution in [-0.2, 0) is 4.74 Å². The second-order valence-corrected chi connectivity index (χ2v) is 7.51. The van der Waals surface area contributed by atoms with E-state index in [0.29, 0.717) is 11.1 Å². The number of ether oxygens (including phenoxy) is 1. The lowest BCUT2D eigenvalue weighted by atomic mass is 10.2. The topological polar surface area (TPSA) is 55.3 Å². The fraction of sp³-hybridized carbons (Fsp3) is 0.643. The van der Waals surface area contributed by atoms with Crippen molar-refractivity contribution in [3.63, 3.8) is 0 Å². The van der Waals surface area contributed by atoms with Gasteiger partial charge in [0, 0.05) is 18.8 Å². The molecule has 7 heteroatoms. The lowest BCUT2D eigenvalue weighted by Gasteiger charge is -2.24. The molecule has 2 rings (SSSR count). The number of carbonyl (C=O) groups is 1. The first-order valence-electron chi connectivity index (χ1n) is 6.93. The fourth-order valence-electron chi connectivity index (χ4n) is 2.04. The van der Waals surface area contributed by atoms with Crippen LogP contribution in [0.3, 0.4) is 0 Å². The lowest BCUT2D eigenvalue weighted by Crippen LogP contribution is -2.35. The number of carbonyl (C=O) groups excluding carboxylic acids is 1. The second kappa shape index (κ2) is 6.83. The quantitative estimate of drug-likeness (QED) is 0.795. The molecule has 1 aromatic rings. The normalized spacial score (nSPS) is 18.9. The number of amides is 1. The van der Waals surface area contributed by atoms with E-state index in [1.807, 2.05) is 26.8 Å². The molecule has 1 aromatic heterocycles. The van der Waals surface area contributed by atoms with Crippen molar-refractivity contribution in [2.75, 3.05) is 18.8 Å². The minimum absolute atomic E-state index is 0.221. The zero-order valence-electron chi connectivity index (χ0n) is 12.5. The highest BCUT2D eigenvalue weighted by molar-refractivity contribution is 7.99. The summed E-state index contributed by atoms with van der Waals surface area (Å²) in [5.74, 6) is 1.37. The minimum Gasteiger partial charge on any atom is -0.444 e. The molecule has 0 bridgehead atoms. The molecule has 0 aromatic carbocycles. The first kappa shape index (κ1) is 16.4. The van der Waals surface area contributed by atoms with Crippen LogP contribution in [0, 0.1) is 5.92 Å². The molecule has 0 spiro atoms. The fourth-order valence-corrected chi connectivity index (χ4v) is 3.09. The van der Waals surface area contributed by atoms with Gasteiger partial charge in [0.05, 0.1) is 0 Å². The summed E-state index contributed by atoms with van der Waals surface area (Å²) in [7, 11) is 0. The smallest absolute Gasteiger partial charge is 0.410 e. The predicted molar refractivity (Wildman–Crippen MR) is 83.7 cm³/mol. The van der Waals surface area contributed by atoms with Crippen LogP contribution >= 0.6 is 23.4 Å². The van der Waals surface area contributed by atoms with Crippen LogP contribution in [0.25, 0.3) is 0 Å². The Kier molecular flexibility index (Phi) is 5.32. The predicted octanol–water partition coefficient (Wildman–Crippen LogP) is 3.48. The van der Waals surface area contributed by atoms with Gasteiger partial charge in [-0.1, -0.05) is 11.6 Å². The van der Waals surface area contributed by atoms with Crippen molar-refractivity contribution in [2.24, 2.45) is 5.92 Å². The van der Waals surface area contributed by atoms with E-state index < -0.39 is 5.60 Å². The van der Waals surface area contributed by atoms with Gasteiger partial charge in [-0.15, -0.1) is 22.0 Å². The van der Waals surface area contributed by atoms with Crippen molar-refractivity contribution in [3.05, 3.63) is 17.3 Å². The largest absolute Gasteiger partial charge is 0.444 e. The highest BCUT2D eigenvalue weighted by Gasteiger charge is 2.29. The van der Waals surface area contributed by atoms with E-state index in [0.717, 1.165) is 30.3 Å². The number of halogens is 1. The zero-order chi connectivity index (χ0) is 15.5. The molecule has 21 heavy (non-hydrogen) atoms. The standard InChI is InChI=1S/C14H20ClN3O2S/c1-14(2,3)20-13(19)18-7-6-10(8-18)9-21-12-5-4-11(15)16-17-12/h4-5,10H,6-9H2,1-3H3/t10-/m1/s1. The second-order valence-electron chi connectivity index (χ2n) is 6.09. The van der Waals surface area contributed by atoms with E-state index in [2.05, 4.69) is 10.2 Å². The third kappa shape index (κ3) is 5.36. The van der Waals surface area contributed by atoms with Crippen LogP contribution in [0.15, 0.2) is 17.2 Å². The molecular formula is C14H20ClN3O2S. The Morgan fingerprint density at radius 1 is 1.48 bits per heavy atom. The van der Waals surface area contributed by atoms with Crippen molar-refractivity contribution < 1.29 is 9.53 Å². The molecule has 5 nitrogen and oxygen atoms in total. The summed E-state index contributed by atoms with van der Waals surface area (Å²) in [5.41, 5.74) is -0.442. The molecule has 1 amide bonds. The Hall–Kier alpha value is -1.01. The number of thioether (sulfide) groups is 1. The van der Waals surface area contributed by atoms with Crippen LogP contribution in [0.1, 0.15) is 27.2 Å². The maximum absolute atomic E-state index is 12.0. The highest BCUT2D eigenvalue weighted by Crippen LogP contribution is 2.26. The molecule has 0 radical (unpaired) electrons. The van der Waals surface area contributed by atoms with E-state index in [1.54, 1.807) is 22.7 Å². The molecule has 0 N–H and O–H groups in total. The number of aromatic nitrogens is 2. The molecule has 1 atom stereocenters. The van der Waals surface area contributed by atoms with Crippen LogP contribution < -0.4 is 0 Å². The average Bonchev–Trinajstić information content (AvgIpc) is 2.85. The van der Waals surface area contributed by atoms with E-state index >= 15 is 0 Å². The molecule has 0 saturated carbocycles. The van der Waals surface area contributed by atoms with Gasteiger partial charge < -0.3 is 9.64 Å². The number of nitrogens with zero attached hydrogens (tertiary/aromatic N) is 3. The van der Waals surface area contributed by atoms with E-state index in [1.165, 1.54) is 0 Å². The molecule has 1 saturated heterocycles. The van der Waals surface area contributed by atoms with Crippen molar-refractivity contribution >= 4 is 29.5 Å². The summed E-state index contributed by atoms with van der Waals surface area (Å²) in [4.78, 5) is 13.8. The first-order chi connectivity index (χ1) is 9.83. The monoisotopic (exact) mass is 329 g/mol. The van der Waals surface area contributed by atoms with Gasteiger partial charge in [0.2, 0.25) is 0 Å². The third-order valence-corrected chi connectivity index (χ3v) is 4.37. The summed E-state index contributed by atoms with van der Waals surface area (Å²) in [6.07, 6.45) is 0.772. The van der Waals surface area contributed by atoms with Gasteiger partial charge >= 0.3 is 6.09 Å². The average molecular weight is 330 g/mol. The van der Waals surface area contributed by atoms with Crippen LogP contribution in [0.4, 0.5) is 4.79 Å². The van der Waals surface area contributed by atoms with Gasteiger partial charge in [0.15, 0.2) is 5.15 Å². The summed E-state index contributed by atoms with van der Waals surface area (Å²) < 4.78 is 5.39. The molecule has 0 unspecified atom stereocenters. The van der Waals surface area contributed by atoms with Crippen LogP contribution in [0.2, 0.25) is 5.15 Å². The summed E-state index contributed by atoms with van der Waals surface area (Å²) in [5, 5.41) is 9.09. The maximum Gasteiger partial charge on any atom is 0.410 e. The lowest BCUT2D eigenvalue weighted by molar-refractivity contribution is 0.0289. The highest BCUT2D eigenvalue weighted by atomic mass is 35.5. The third-order valence-electron chi connectivity index (χ3n) is 3.01. The van der Waals surface area contributed by atoms with Gasteiger partial charge in [0.1, 0.15) is 10.6 Å². The number of likely N-dealkylation sites (tertiary alicyclic amines) is 1. The molecule has 0 aliphatic carbocycles. The van der Waals surface area contributed by atoms with Gasteiger partial charge in [-0.3, -0.25) is 0 Å². The van der Waals surface area contributed by atoms with Crippen molar-refractivity contribution in [1.29, 1.82) is 0 Å². The molecule has 116 valence electrons. The molecule has 2 heterocycles. The zero-order valence-corrected chi connectivity index (χ0v) is 14.1. The van der Waals surface area contributed by atoms with Gasteiger partial charge in [0.25, 0.3) is 0 Å². The van der Waals surface area contributed by atoms with Gasteiger partial charge in [-0.05, 0) is 45.2 Å². The first-order valence-corrected chi connectivity index (χ1v) is 8.30. The summed E-state index contributed by atoms with van der Waals surface area (Å²) >= 11 is 7.35. The van der Waals surface area contributed by atoms with E-state index in [9.17, 15) is 4.79 Å². The Bertz CT molecular complexity index is 490. The molecule has 1 aliphatic heterocycles. The maximum atomic E-state index is 12.0. The molecule has 1 aliphatic rings. The Balaban J connectivity index is 1.77.